The maximum Gasteiger partial charge on any atom is 0.295 e. The van der Waals surface area contributed by atoms with Gasteiger partial charge in [-0.3, -0.25) is 9.11 Å². The Morgan fingerprint density at radius 3 is 2.00 bits per heavy atom. The fourth-order valence-electron chi connectivity index (χ4n) is 1.72. The lowest BCUT2D eigenvalue weighted by atomic mass is 10.1. The highest BCUT2D eigenvalue weighted by Crippen LogP contribution is 2.33. The van der Waals surface area contributed by atoms with Gasteiger partial charge < -0.3 is 10.8 Å². The molecule has 0 saturated heterocycles. The number of nitrogens with two attached hydrogens (primary N) is 1. The molecular weight excluding hydrogens is 310 g/mol. The number of anilines is 1. The van der Waals surface area contributed by atoms with E-state index in [0.29, 0.717) is 6.07 Å². The lowest BCUT2D eigenvalue weighted by molar-refractivity contribution is 0.477. The van der Waals surface area contributed by atoms with Gasteiger partial charge in [0.05, 0.1) is 10.6 Å². The predicted molar refractivity (Wildman–Crippen MR) is 69.7 cm³/mol. The quantitative estimate of drug-likeness (QED) is 0.356. The topological polar surface area (TPSA) is 155 Å². The zero-order chi connectivity index (χ0) is 15.3. The normalized spacial score (nSPS) is 12.7. The molecule has 0 fully saturated rings. The van der Waals surface area contributed by atoms with Crippen LogP contribution in [0.4, 0.5) is 5.69 Å². The monoisotopic (exact) mass is 319 g/mol. The SMILES string of the molecule is Nc1cc2c(S(=O)(=O)O)cc(S(=O)(=O)O)cc2cc1O. The second-order valence-electron chi connectivity index (χ2n) is 4.00. The Morgan fingerprint density at radius 2 is 1.50 bits per heavy atom. The highest BCUT2D eigenvalue weighted by Gasteiger charge is 2.21. The van der Waals surface area contributed by atoms with E-state index in [0.717, 1.165) is 18.2 Å². The molecule has 0 radical (unpaired) electrons. The highest BCUT2D eigenvalue weighted by molar-refractivity contribution is 7.86. The van der Waals surface area contributed by atoms with Crippen molar-refractivity contribution in [2.24, 2.45) is 0 Å². The van der Waals surface area contributed by atoms with Crippen molar-refractivity contribution in [1.82, 2.24) is 0 Å². The van der Waals surface area contributed by atoms with Crippen LogP contribution in [0.1, 0.15) is 0 Å². The van der Waals surface area contributed by atoms with Crippen molar-refractivity contribution in [2.45, 2.75) is 9.79 Å². The number of nitrogen functional groups attached to an aromatic ring is 1. The average Bonchev–Trinajstić information content (AvgIpc) is 2.26. The molecule has 0 aliphatic heterocycles. The molecule has 2 rings (SSSR count). The maximum atomic E-state index is 11.3. The molecule has 0 aliphatic rings. The second-order valence-corrected chi connectivity index (χ2v) is 6.82. The van der Waals surface area contributed by atoms with Gasteiger partial charge in [0.15, 0.2) is 0 Å². The number of phenolic OH excluding ortho intramolecular Hbond substituents is 1. The van der Waals surface area contributed by atoms with Gasteiger partial charge in [-0.2, -0.15) is 16.8 Å². The molecule has 0 amide bonds. The van der Waals surface area contributed by atoms with Crippen LogP contribution >= 0.6 is 0 Å². The van der Waals surface area contributed by atoms with Crippen LogP contribution in [-0.4, -0.2) is 31.0 Å². The summed E-state index contributed by atoms with van der Waals surface area (Å²) in [6, 6.07) is 3.64. The molecule has 2 aromatic rings. The molecular formula is C10H9NO7S2. The molecule has 0 saturated carbocycles. The summed E-state index contributed by atoms with van der Waals surface area (Å²) in [5.74, 6) is -0.397. The van der Waals surface area contributed by atoms with Gasteiger partial charge in [-0.15, -0.1) is 0 Å². The molecule has 8 nitrogen and oxygen atoms in total. The van der Waals surface area contributed by atoms with Gasteiger partial charge in [0.2, 0.25) is 0 Å². The number of phenols is 1. The van der Waals surface area contributed by atoms with Crippen LogP contribution in [0.25, 0.3) is 10.8 Å². The van der Waals surface area contributed by atoms with E-state index in [-0.39, 0.29) is 16.5 Å². The van der Waals surface area contributed by atoms with Crippen LogP contribution in [0.3, 0.4) is 0 Å². The lowest BCUT2D eigenvalue weighted by Crippen LogP contribution is -2.04. The zero-order valence-corrected chi connectivity index (χ0v) is 11.3. The maximum absolute atomic E-state index is 11.3. The van der Waals surface area contributed by atoms with Crippen LogP contribution in [0.15, 0.2) is 34.1 Å². The first-order valence-electron chi connectivity index (χ1n) is 5.01. The van der Waals surface area contributed by atoms with Crippen molar-refractivity contribution < 1.29 is 31.0 Å². The van der Waals surface area contributed by atoms with Crippen molar-refractivity contribution in [1.29, 1.82) is 0 Å². The lowest BCUT2D eigenvalue weighted by Gasteiger charge is -2.08. The van der Waals surface area contributed by atoms with E-state index in [1.54, 1.807) is 0 Å². The first-order valence-corrected chi connectivity index (χ1v) is 7.89. The molecule has 0 aromatic heterocycles. The van der Waals surface area contributed by atoms with Crippen molar-refractivity contribution in [2.75, 3.05) is 5.73 Å². The first kappa shape index (κ1) is 14.5. The van der Waals surface area contributed by atoms with Crippen molar-refractivity contribution >= 4 is 36.7 Å². The van der Waals surface area contributed by atoms with Gasteiger partial charge >= 0.3 is 0 Å². The molecule has 0 atom stereocenters. The van der Waals surface area contributed by atoms with Gasteiger partial charge in [-0.1, -0.05) is 0 Å². The molecule has 0 heterocycles. The fourth-order valence-corrected chi connectivity index (χ4v) is 3.07. The van der Waals surface area contributed by atoms with Crippen LogP contribution < -0.4 is 5.73 Å². The minimum atomic E-state index is -4.75. The first-order chi connectivity index (χ1) is 9.00. The van der Waals surface area contributed by atoms with E-state index in [4.69, 9.17) is 14.8 Å². The van der Waals surface area contributed by atoms with E-state index in [9.17, 15) is 21.9 Å². The van der Waals surface area contributed by atoms with Crippen LogP contribution in [0, 0.1) is 0 Å². The van der Waals surface area contributed by atoms with E-state index in [1.165, 1.54) is 0 Å². The third kappa shape index (κ3) is 2.54. The minimum Gasteiger partial charge on any atom is -0.506 e. The summed E-state index contributed by atoms with van der Waals surface area (Å²) in [5, 5.41) is 9.34. The molecule has 5 N–H and O–H groups in total. The molecule has 0 bridgehead atoms. The highest BCUT2D eigenvalue weighted by atomic mass is 32.2. The summed E-state index contributed by atoms with van der Waals surface area (Å²) in [7, 11) is -9.44. The van der Waals surface area contributed by atoms with Crippen molar-refractivity contribution in [3.05, 3.63) is 24.3 Å². The third-order valence-corrected chi connectivity index (χ3v) is 4.34. The molecule has 2 aromatic carbocycles. The fraction of sp³-hybridized carbons (Fsp3) is 0. The Bertz CT molecular complexity index is 916. The molecule has 0 unspecified atom stereocenters. The van der Waals surface area contributed by atoms with Crippen LogP contribution in [-0.2, 0) is 20.2 Å². The number of fused-ring (bicyclic) bond motifs is 1. The molecule has 10 heteroatoms. The van der Waals surface area contributed by atoms with Crippen LogP contribution in [0.2, 0.25) is 0 Å². The predicted octanol–water partition coefficient (Wildman–Crippen LogP) is 0.621. The Labute approximate surface area is 114 Å². The Hall–Kier alpha value is -1.88. The number of hydrogen-bond acceptors (Lipinski definition) is 6. The average molecular weight is 319 g/mol. The number of hydrogen-bond donors (Lipinski definition) is 4. The van der Waals surface area contributed by atoms with Crippen molar-refractivity contribution in [3.63, 3.8) is 0 Å². The number of aromatic hydroxyl groups is 1. The minimum absolute atomic E-state index is 0.0283. The summed E-state index contributed by atoms with van der Waals surface area (Å²) < 4.78 is 62.9. The van der Waals surface area contributed by atoms with Gasteiger partial charge in [-0.25, -0.2) is 0 Å². The van der Waals surface area contributed by atoms with E-state index in [2.05, 4.69) is 0 Å². The smallest absolute Gasteiger partial charge is 0.295 e. The largest absolute Gasteiger partial charge is 0.506 e. The molecule has 108 valence electrons. The summed E-state index contributed by atoms with van der Waals surface area (Å²) in [6.07, 6.45) is 0. The Morgan fingerprint density at radius 1 is 0.900 bits per heavy atom. The van der Waals surface area contributed by atoms with Crippen LogP contribution in [0.5, 0.6) is 5.75 Å². The van der Waals surface area contributed by atoms with Gasteiger partial charge in [0.1, 0.15) is 10.6 Å². The molecule has 20 heavy (non-hydrogen) atoms. The van der Waals surface area contributed by atoms with Gasteiger partial charge in [0.25, 0.3) is 20.2 Å². The van der Waals surface area contributed by atoms with E-state index in [1.807, 2.05) is 0 Å². The Kier molecular flexibility index (Phi) is 3.13. The van der Waals surface area contributed by atoms with Crippen molar-refractivity contribution in [3.8, 4) is 5.75 Å². The zero-order valence-electron chi connectivity index (χ0n) is 9.68. The Balaban J connectivity index is 3.05. The van der Waals surface area contributed by atoms with Gasteiger partial charge in [0, 0.05) is 5.39 Å². The summed E-state index contributed by atoms with van der Waals surface area (Å²) in [5.41, 5.74) is 5.28. The van der Waals surface area contributed by atoms with Gasteiger partial charge in [-0.05, 0) is 29.7 Å². The summed E-state index contributed by atoms with van der Waals surface area (Å²) in [4.78, 5) is -1.48. The molecule has 0 aliphatic carbocycles. The van der Waals surface area contributed by atoms with E-state index < -0.39 is 35.8 Å². The standard InChI is InChI=1S/C10H9NO7S2/c11-8-4-7-5(2-9(8)12)1-6(19(13,14)15)3-10(7)20(16,17)18/h1-4,12H,11H2,(H,13,14,15)(H,16,17,18). The van der Waals surface area contributed by atoms with E-state index >= 15 is 0 Å². The third-order valence-electron chi connectivity index (χ3n) is 2.61. The second kappa shape index (κ2) is 4.31. The number of rotatable bonds is 2. The summed E-state index contributed by atoms with van der Waals surface area (Å²) in [6.45, 7) is 0. The number of benzene rings is 2. The summed E-state index contributed by atoms with van der Waals surface area (Å²) >= 11 is 0. The molecule has 0 spiro atoms.